The van der Waals surface area contributed by atoms with E-state index in [-0.39, 0.29) is 5.91 Å². The van der Waals surface area contributed by atoms with Gasteiger partial charge in [0.2, 0.25) is 0 Å². The predicted octanol–water partition coefficient (Wildman–Crippen LogP) is 1.96. The zero-order valence-electron chi connectivity index (χ0n) is 10.3. The Morgan fingerprint density at radius 1 is 1.56 bits per heavy atom. The van der Waals surface area contributed by atoms with Crippen LogP contribution in [0, 0.1) is 0 Å². The fourth-order valence-electron chi connectivity index (χ4n) is 1.91. The van der Waals surface area contributed by atoms with E-state index in [1.54, 1.807) is 0 Å². The van der Waals surface area contributed by atoms with Gasteiger partial charge in [-0.3, -0.25) is 9.69 Å². The molecule has 1 unspecified atom stereocenters. The summed E-state index contributed by atoms with van der Waals surface area (Å²) in [5, 5.41) is 2.98. The molecule has 0 aliphatic carbocycles. The zero-order chi connectivity index (χ0) is 13.0. The van der Waals surface area contributed by atoms with Gasteiger partial charge in [0.1, 0.15) is 0 Å². The SMILES string of the molecule is CC(CNC(=O)c1ccc(Br)s1)N1CCOCC1. The molecular formula is C12H17BrN2O2S. The number of amides is 1. The van der Waals surface area contributed by atoms with Crippen molar-refractivity contribution in [3.05, 3.63) is 20.8 Å². The van der Waals surface area contributed by atoms with Crippen LogP contribution in [0.2, 0.25) is 0 Å². The molecule has 1 saturated heterocycles. The van der Waals surface area contributed by atoms with E-state index in [4.69, 9.17) is 4.74 Å². The summed E-state index contributed by atoms with van der Waals surface area (Å²) < 4.78 is 6.30. The van der Waals surface area contributed by atoms with E-state index < -0.39 is 0 Å². The minimum atomic E-state index is 0.00538. The van der Waals surface area contributed by atoms with Gasteiger partial charge in [-0.25, -0.2) is 0 Å². The maximum absolute atomic E-state index is 11.9. The van der Waals surface area contributed by atoms with Gasteiger partial charge in [-0.2, -0.15) is 0 Å². The molecule has 2 rings (SSSR count). The highest BCUT2D eigenvalue weighted by Crippen LogP contribution is 2.21. The molecule has 1 aliphatic heterocycles. The molecule has 2 heterocycles. The lowest BCUT2D eigenvalue weighted by molar-refractivity contribution is 0.0204. The predicted molar refractivity (Wildman–Crippen MR) is 76.2 cm³/mol. The number of carbonyl (C=O) groups excluding carboxylic acids is 1. The number of hydrogen-bond acceptors (Lipinski definition) is 4. The normalized spacial score (nSPS) is 18.6. The zero-order valence-corrected chi connectivity index (χ0v) is 12.7. The second-order valence-corrected chi connectivity index (χ2v) is 6.77. The van der Waals surface area contributed by atoms with Crippen molar-refractivity contribution in [3.63, 3.8) is 0 Å². The van der Waals surface area contributed by atoms with Crippen LogP contribution in [0.25, 0.3) is 0 Å². The van der Waals surface area contributed by atoms with Gasteiger partial charge in [0.25, 0.3) is 5.91 Å². The third-order valence-electron chi connectivity index (χ3n) is 3.02. The Labute approximate surface area is 119 Å². The summed E-state index contributed by atoms with van der Waals surface area (Å²) in [6, 6.07) is 4.08. The first-order chi connectivity index (χ1) is 8.66. The molecular weight excluding hydrogens is 316 g/mol. The number of ether oxygens (including phenoxy) is 1. The molecule has 100 valence electrons. The third kappa shape index (κ3) is 3.78. The number of rotatable bonds is 4. The summed E-state index contributed by atoms with van der Waals surface area (Å²) in [6.07, 6.45) is 0. The van der Waals surface area contributed by atoms with Crippen LogP contribution in [0.4, 0.5) is 0 Å². The maximum Gasteiger partial charge on any atom is 0.261 e. The molecule has 0 aromatic carbocycles. The summed E-state index contributed by atoms with van der Waals surface area (Å²) in [4.78, 5) is 15.0. The van der Waals surface area contributed by atoms with Crippen molar-refractivity contribution < 1.29 is 9.53 Å². The molecule has 1 aromatic heterocycles. The molecule has 1 atom stereocenters. The van der Waals surface area contributed by atoms with E-state index >= 15 is 0 Å². The van der Waals surface area contributed by atoms with Crippen LogP contribution in [-0.4, -0.2) is 49.7 Å². The fraction of sp³-hybridized carbons (Fsp3) is 0.583. The maximum atomic E-state index is 11.9. The van der Waals surface area contributed by atoms with E-state index in [1.165, 1.54) is 11.3 Å². The van der Waals surface area contributed by atoms with Crippen LogP contribution in [-0.2, 0) is 4.74 Å². The van der Waals surface area contributed by atoms with Crippen molar-refractivity contribution in [2.75, 3.05) is 32.8 Å². The number of halogens is 1. The summed E-state index contributed by atoms with van der Waals surface area (Å²) in [7, 11) is 0. The highest BCUT2D eigenvalue weighted by molar-refractivity contribution is 9.11. The van der Waals surface area contributed by atoms with E-state index in [0.29, 0.717) is 12.6 Å². The van der Waals surface area contributed by atoms with Gasteiger partial charge >= 0.3 is 0 Å². The first-order valence-electron chi connectivity index (χ1n) is 6.02. The van der Waals surface area contributed by atoms with Crippen LogP contribution in [0.5, 0.6) is 0 Å². The van der Waals surface area contributed by atoms with Crippen molar-refractivity contribution in [1.82, 2.24) is 10.2 Å². The largest absolute Gasteiger partial charge is 0.379 e. The molecule has 4 nitrogen and oxygen atoms in total. The Bertz CT molecular complexity index is 405. The van der Waals surface area contributed by atoms with Crippen LogP contribution in [0.15, 0.2) is 15.9 Å². The van der Waals surface area contributed by atoms with Crippen molar-refractivity contribution in [2.24, 2.45) is 0 Å². The summed E-state index contributed by atoms with van der Waals surface area (Å²) in [5.74, 6) is 0.00538. The van der Waals surface area contributed by atoms with E-state index in [1.807, 2.05) is 12.1 Å². The van der Waals surface area contributed by atoms with E-state index in [9.17, 15) is 4.79 Å². The highest BCUT2D eigenvalue weighted by atomic mass is 79.9. The number of hydrogen-bond donors (Lipinski definition) is 1. The Kier molecular flexibility index (Phi) is 5.17. The van der Waals surface area contributed by atoms with Gasteiger partial charge in [0, 0.05) is 25.7 Å². The fourth-order valence-corrected chi connectivity index (χ4v) is 3.21. The molecule has 1 aromatic rings. The molecule has 1 aliphatic rings. The number of nitrogens with zero attached hydrogens (tertiary/aromatic N) is 1. The Morgan fingerprint density at radius 2 is 2.28 bits per heavy atom. The van der Waals surface area contributed by atoms with Crippen molar-refractivity contribution in [2.45, 2.75) is 13.0 Å². The van der Waals surface area contributed by atoms with Crippen molar-refractivity contribution in [1.29, 1.82) is 0 Å². The lowest BCUT2D eigenvalue weighted by atomic mass is 10.2. The molecule has 18 heavy (non-hydrogen) atoms. The first kappa shape index (κ1) is 14.0. The standard InChI is InChI=1S/C12H17BrN2O2S/c1-9(15-4-6-17-7-5-15)8-14-12(16)10-2-3-11(13)18-10/h2-3,9H,4-8H2,1H3,(H,14,16). The summed E-state index contributed by atoms with van der Waals surface area (Å²) in [6.45, 7) is 6.28. The van der Waals surface area contributed by atoms with Crippen molar-refractivity contribution >= 4 is 33.2 Å². The average Bonchev–Trinajstić information content (AvgIpc) is 2.83. The highest BCUT2D eigenvalue weighted by Gasteiger charge is 2.18. The van der Waals surface area contributed by atoms with Crippen LogP contribution in [0.3, 0.4) is 0 Å². The van der Waals surface area contributed by atoms with Gasteiger partial charge in [0.05, 0.1) is 21.9 Å². The molecule has 1 fully saturated rings. The van der Waals surface area contributed by atoms with Gasteiger partial charge in [-0.05, 0) is 35.0 Å². The molecule has 0 radical (unpaired) electrons. The number of carbonyl (C=O) groups is 1. The molecule has 0 saturated carbocycles. The van der Waals surface area contributed by atoms with Gasteiger partial charge in [0.15, 0.2) is 0 Å². The smallest absolute Gasteiger partial charge is 0.261 e. The number of nitrogens with one attached hydrogen (secondary N) is 1. The first-order valence-corrected chi connectivity index (χ1v) is 7.63. The van der Waals surface area contributed by atoms with Crippen LogP contribution in [0.1, 0.15) is 16.6 Å². The second-order valence-electron chi connectivity index (χ2n) is 4.31. The molecule has 6 heteroatoms. The molecule has 1 N–H and O–H groups in total. The van der Waals surface area contributed by atoms with Gasteiger partial charge < -0.3 is 10.1 Å². The quantitative estimate of drug-likeness (QED) is 0.916. The van der Waals surface area contributed by atoms with Gasteiger partial charge in [-0.1, -0.05) is 0 Å². The molecule has 1 amide bonds. The topological polar surface area (TPSA) is 41.6 Å². The van der Waals surface area contributed by atoms with Crippen LogP contribution < -0.4 is 5.32 Å². The monoisotopic (exact) mass is 332 g/mol. The Morgan fingerprint density at radius 3 is 2.89 bits per heavy atom. The number of morpholine rings is 1. The minimum absolute atomic E-state index is 0.00538. The Balaban J connectivity index is 1.78. The second kappa shape index (κ2) is 6.65. The average molecular weight is 333 g/mol. The lowest BCUT2D eigenvalue weighted by Crippen LogP contribution is -2.47. The van der Waals surface area contributed by atoms with Crippen LogP contribution >= 0.6 is 27.3 Å². The van der Waals surface area contributed by atoms with Gasteiger partial charge in [-0.15, -0.1) is 11.3 Å². The lowest BCUT2D eigenvalue weighted by Gasteiger charge is -2.32. The van der Waals surface area contributed by atoms with E-state index in [0.717, 1.165) is 35.0 Å². The summed E-state index contributed by atoms with van der Waals surface area (Å²) in [5.41, 5.74) is 0. The Hall–Kier alpha value is -0.430. The van der Waals surface area contributed by atoms with Crippen molar-refractivity contribution in [3.8, 4) is 0 Å². The number of thiophene rings is 1. The molecule has 0 bridgehead atoms. The third-order valence-corrected chi connectivity index (χ3v) is 4.65. The summed E-state index contributed by atoms with van der Waals surface area (Å²) >= 11 is 4.81. The minimum Gasteiger partial charge on any atom is -0.379 e. The molecule has 0 spiro atoms. The van der Waals surface area contributed by atoms with E-state index in [2.05, 4.69) is 33.1 Å².